The van der Waals surface area contributed by atoms with Crippen LogP contribution in [0.3, 0.4) is 0 Å². The molecule has 0 atom stereocenters. The molecule has 2 saturated heterocycles. The van der Waals surface area contributed by atoms with E-state index in [0.717, 1.165) is 88.7 Å². The highest BCUT2D eigenvalue weighted by molar-refractivity contribution is 5.85. The summed E-state index contributed by atoms with van der Waals surface area (Å²) in [6.07, 6.45) is 5.52. The van der Waals surface area contributed by atoms with E-state index in [1.165, 1.54) is 5.39 Å². The highest BCUT2D eigenvalue weighted by Crippen LogP contribution is 2.24. The van der Waals surface area contributed by atoms with E-state index >= 15 is 0 Å². The Morgan fingerprint density at radius 1 is 1.15 bits per heavy atom. The predicted octanol–water partition coefficient (Wildman–Crippen LogP) is 2.50. The summed E-state index contributed by atoms with van der Waals surface area (Å²) in [5.41, 5.74) is 0. The summed E-state index contributed by atoms with van der Waals surface area (Å²) >= 11 is 0. The number of nitrogens with one attached hydrogen (secondary N) is 2. The van der Waals surface area contributed by atoms with Crippen LogP contribution in [0.5, 0.6) is 5.75 Å². The molecular formula is C21H30N4O2. The third-order valence-corrected chi connectivity index (χ3v) is 5.34. The fourth-order valence-corrected chi connectivity index (χ4v) is 3.74. The zero-order valence-corrected chi connectivity index (χ0v) is 16.0. The van der Waals surface area contributed by atoms with Crippen molar-refractivity contribution in [1.82, 2.24) is 15.2 Å². The van der Waals surface area contributed by atoms with Gasteiger partial charge >= 0.3 is 0 Å². The molecule has 0 radical (unpaired) electrons. The molecule has 0 amide bonds. The molecule has 4 rings (SSSR count). The van der Waals surface area contributed by atoms with Crippen molar-refractivity contribution in [2.75, 3.05) is 57.8 Å². The molecule has 6 nitrogen and oxygen atoms in total. The number of ether oxygens (including phenoxy) is 2. The molecule has 0 aliphatic carbocycles. The summed E-state index contributed by atoms with van der Waals surface area (Å²) in [5.74, 6) is 1.89. The van der Waals surface area contributed by atoms with Crippen molar-refractivity contribution >= 4 is 16.6 Å². The van der Waals surface area contributed by atoms with Crippen molar-refractivity contribution in [2.24, 2.45) is 0 Å². The number of nitrogens with zero attached hydrogens (tertiary/aromatic N) is 2. The van der Waals surface area contributed by atoms with Crippen molar-refractivity contribution in [3.8, 4) is 5.75 Å². The number of morpholine rings is 1. The summed E-state index contributed by atoms with van der Waals surface area (Å²) in [5, 5.41) is 9.15. The topological polar surface area (TPSA) is 58.7 Å². The van der Waals surface area contributed by atoms with Gasteiger partial charge in [0.2, 0.25) is 0 Å². The number of benzene rings is 1. The number of fused-ring (bicyclic) bond motifs is 1. The van der Waals surface area contributed by atoms with Crippen LogP contribution in [-0.2, 0) is 4.74 Å². The van der Waals surface area contributed by atoms with E-state index in [1.54, 1.807) is 0 Å². The van der Waals surface area contributed by atoms with Crippen LogP contribution in [-0.4, -0.2) is 68.5 Å². The van der Waals surface area contributed by atoms with Crippen molar-refractivity contribution in [2.45, 2.75) is 25.4 Å². The van der Waals surface area contributed by atoms with Crippen LogP contribution in [0.1, 0.15) is 19.3 Å². The van der Waals surface area contributed by atoms with Gasteiger partial charge in [0.05, 0.1) is 13.2 Å². The first kappa shape index (κ1) is 18.5. The Kier molecular flexibility index (Phi) is 6.40. The second-order valence-corrected chi connectivity index (χ2v) is 7.38. The summed E-state index contributed by atoms with van der Waals surface area (Å²) < 4.78 is 11.6. The van der Waals surface area contributed by atoms with E-state index in [4.69, 9.17) is 9.47 Å². The molecule has 1 aromatic heterocycles. The largest absolute Gasteiger partial charge is 0.490 e. The first-order chi connectivity index (χ1) is 13.4. The molecule has 2 aliphatic rings. The third-order valence-electron chi connectivity index (χ3n) is 5.34. The van der Waals surface area contributed by atoms with E-state index in [9.17, 15) is 0 Å². The van der Waals surface area contributed by atoms with E-state index in [-0.39, 0.29) is 0 Å². The number of hydrogen-bond acceptors (Lipinski definition) is 6. The van der Waals surface area contributed by atoms with Crippen LogP contribution in [0.15, 0.2) is 30.5 Å². The van der Waals surface area contributed by atoms with Crippen molar-refractivity contribution < 1.29 is 9.47 Å². The quantitative estimate of drug-likeness (QED) is 0.731. The molecule has 146 valence electrons. The third kappa shape index (κ3) is 5.31. The SMILES string of the molecule is c1cc2cnc(NCCCN3CCOCC3)cc2cc1OC1CCNCC1. The minimum Gasteiger partial charge on any atom is -0.490 e. The molecule has 0 bridgehead atoms. The second-order valence-electron chi connectivity index (χ2n) is 7.38. The van der Waals surface area contributed by atoms with Gasteiger partial charge in [0, 0.05) is 31.2 Å². The van der Waals surface area contributed by atoms with Crippen LogP contribution in [0, 0.1) is 0 Å². The van der Waals surface area contributed by atoms with Crippen molar-refractivity contribution in [3.05, 3.63) is 30.5 Å². The minimum atomic E-state index is 0.323. The van der Waals surface area contributed by atoms with E-state index in [1.807, 2.05) is 6.20 Å². The van der Waals surface area contributed by atoms with Crippen molar-refractivity contribution in [1.29, 1.82) is 0 Å². The lowest BCUT2D eigenvalue weighted by atomic mass is 10.1. The Morgan fingerprint density at radius 3 is 2.85 bits per heavy atom. The van der Waals surface area contributed by atoms with Crippen LogP contribution in [0.25, 0.3) is 10.8 Å². The number of rotatable bonds is 7. The molecule has 0 unspecified atom stereocenters. The van der Waals surface area contributed by atoms with Gasteiger partial charge in [-0.2, -0.15) is 0 Å². The summed E-state index contributed by atoms with van der Waals surface area (Å²) in [7, 11) is 0. The number of hydrogen-bond donors (Lipinski definition) is 2. The van der Waals surface area contributed by atoms with Gasteiger partial charge in [0.25, 0.3) is 0 Å². The second kappa shape index (κ2) is 9.35. The highest BCUT2D eigenvalue weighted by Gasteiger charge is 2.14. The Hall–Kier alpha value is -1.89. The molecular weight excluding hydrogens is 340 g/mol. The maximum atomic E-state index is 6.17. The number of piperidine rings is 1. The normalized spacial score (nSPS) is 19.3. The molecule has 2 fully saturated rings. The molecule has 0 spiro atoms. The summed E-state index contributed by atoms with van der Waals surface area (Å²) in [4.78, 5) is 7.00. The minimum absolute atomic E-state index is 0.323. The zero-order chi connectivity index (χ0) is 18.3. The maximum absolute atomic E-state index is 6.17. The van der Waals surface area contributed by atoms with Gasteiger partial charge in [-0.05, 0) is 68.5 Å². The van der Waals surface area contributed by atoms with Gasteiger partial charge in [-0.3, -0.25) is 4.90 Å². The van der Waals surface area contributed by atoms with E-state index in [2.05, 4.69) is 44.8 Å². The predicted molar refractivity (Wildman–Crippen MR) is 109 cm³/mol. The fourth-order valence-electron chi connectivity index (χ4n) is 3.74. The lowest BCUT2D eigenvalue weighted by Gasteiger charge is -2.26. The Bertz CT molecular complexity index is 727. The monoisotopic (exact) mass is 370 g/mol. The average molecular weight is 370 g/mol. The maximum Gasteiger partial charge on any atom is 0.126 e. The van der Waals surface area contributed by atoms with E-state index in [0.29, 0.717) is 6.10 Å². The fraction of sp³-hybridized carbons (Fsp3) is 0.571. The highest BCUT2D eigenvalue weighted by atomic mass is 16.5. The van der Waals surface area contributed by atoms with Crippen LogP contribution < -0.4 is 15.4 Å². The lowest BCUT2D eigenvalue weighted by molar-refractivity contribution is 0.0378. The smallest absolute Gasteiger partial charge is 0.126 e. The van der Waals surface area contributed by atoms with Gasteiger partial charge in [0.15, 0.2) is 0 Å². The molecule has 27 heavy (non-hydrogen) atoms. The number of anilines is 1. The van der Waals surface area contributed by atoms with Crippen LogP contribution in [0.2, 0.25) is 0 Å². The van der Waals surface area contributed by atoms with Gasteiger partial charge in [-0.1, -0.05) is 0 Å². The van der Waals surface area contributed by atoms with Crippen LogP contribution >= 0.6 is 0 Å². The molecule has 3 heterocycles. The summed E-state index contributed by atoms with van der Waals surface area (Å²) in [6.45, 7) is 7.95. The average Bonchev–Trinajstić information content (AvgIpc) is 2.72. The van der Waals surface area contributed by atoms with Crippen LogP contribution in [0.4, 0.5) is 5.82 Å². The van der Waals surface area contributed by atoms with Gasteiger partial charge in [0.1, 0.15) is 17.7 Å². The summed E-state index contributed by atoms with van der Waals surface area (Å²) in [6, 6.07) is 8.42. The molecule has 1 aromatic carbocycles. The van der Waals surface area contributed by atoms with Gasteiger partial charge in [-0.15, -0.1) is 0 Å². The zero-order valence-electron chi connectivity index (χ0n) is 16.0. The molecule has 2 aromatic rings. The molecule has 2 aliphatic heterocycles. The van der Waals surface area contributed by atoms with Gasteiger partial charge in [-0.25, -0.2) is 4.98 Å². The Morgan fingerprint density at radius 2 is 2.00 bits per heavy atom. The molecule has 6 heteroatoms. The number of aromatic nitrogens is 1. The molecule has 2 N–H and O–H groups in total. The van der Waals surface area contributed by atoms with E-state index < -0.39 is 0 Å². The van der Waals surface area contributed by atoms with Crippen molar-refractivity contribution in [3.63, 3.8) is 0 Å². The first-order valence-electron chi connectivity index (χ1n) is 10.2. The Labute approximate surface area is 161 Å². The Balaban J connectivity index is 1.31. The lowest BCUT2D eigenvalue weighted by Crippen LogP contribution is -2.37. The standard InChI is InChI=1S/C21H30N4O2/c1(9-25-10-12-26-13-11-25)6-23-21-15-18-14-20(3-2-17(18)16-24-21)27-19-4-7-22-8-5-19/h2-3,14-16,19,22H,1,4-13H2,(H,23,24). The first-order valence-corrected chi connectivity index (χ1v) is 10.2. The van der Waals surface area contributed by atoms with Gasteiger partial charge < -0.3 is 20.1 Å². The number of pyridine rings is 1. The molecule has 0 saturated carbocycles.